The lowest BCUT2D eigenvalue weighted by atomic mass is 10.2. The zero-order chi connectivity index (χ0) is 8.97. The molecule has 0 aromatic carbocycles. The van der Waals surface area contributed by atoms with E-state index in [4.69, 9.17) is 4.74 Å². The molecule has 0 aliphatic rings. The van der Waals surface area contributed by atoms with Crippen LogP contribution in [0.15, 0.2) is 18.2 Å². The number of pyridine rings is 1. The van der Waals surface area contributed by atoms with Crippen molar-refractivity contribution in [2.45, 2.75) is 13.8 Å². The van der Waals surface area contributed by atoms with E-state index in [9.17, 15) is 0 Å². The van der Waals surface area contributed by atoms with E-state index in [1.807, 2.05) is 38.1 Å². The molecule has 64 valence electrons. The van der Waals surface area contributed by atoms with Crippen molar-refractivity contribution in [1.82, 2.24) is 4.98 Å². The summed E-state index contributed by atoms with van der Waals surface area (Å²) in [6.07, 6.45) is 3.94. The van der Waals surface area contributed by atoms with E-state index in [-0.39, 0.29) is 0 Å². The topological polar surface area (TPSA) is 22.1 Å². The molecule has 0 aliphatic carbocycles. The van der Waals surface area contributed by atoms with E-state index in [0.29, 0.717) is 5.88 Å². The second-order valence-electron chi connectivity index (χ2n) is 2.55. The standard InChI is InChI=1S/C10H13NO/c1-4-5-9-7-6-8(2)11-10(9)12-3/h4-7H,1-3H3/b5-4+. The Labute approximate surface area is 72.9 Å². The minimum absolute atomic E-state index is 0.688. The van der Waals surface area contributed by atoms with Crippen LogP contribution in [0, 0.1) is 6.92 Å². The van der Waals surface area contributed by atoms with Gasteiger partial charge in [-0.2, -0.15) is 0 Å². The van der Waals surface area contributed by atoms with Crippen LogP contribution in [-0.4, -0.2) is 12.1 Å². The maximum absolute atomic E-state index is 5.12. The largest absolute Gasteiger partial charge is 0.481 e. The Morgan fingerprint density at radius 3 is 2.75 bits per heavy atom. The van der Waals surface area contributed by atoms with Gasteiger partial charge in [-0.1, -0.05) is 12.2 Å². The molecule has 12 heavy (non-hydrogen) atoms. The molecule has 0 N–H and O–H groups in total. The SMILES string of the molecule is C/C=C/c1ccc(C)nc1OC. The van der Waals surface area contributed by atoms with Gasteiger partial charge >= 0.3 is 0 Å². The molecule has 1 aromatic heterocycles. The summed E-state index contributed by atoms with van der Waals surface area (Å²) in [4.78, 5) is 4.24. The normalized spacial score (nSPS) is 10.6. The average molecular weight is 163 g/mol. The fourth-order valence-electron chi connectivity index (χ4n) is 1.01. The summed E-state index contributed by atoms with van der Waals surface area (Å²) in [6.45, 7) is 3.92. The number of allylic oxidation sites excluding steroid dienone is 1. The molecule has 0 saturated carbocycles. The van der Waals surface area contributed by atoms with Crippen molar-refractivity contribution in [1.29, 1.82) is 0 Å². The van der Waals surface area contributed by atoms with Crippen molar-refractivity contribution in [3.8, 4) is 5.88 Å². The van der Waals surface area contributed by atoms with Gasteiger partial charge in [-0.25, -0.2) is 4.98 Å². The molecule has 2 nitrogen and oxygen atoms in total. The monoisotopic (exact) mass is 163 g/mol. The van der Waals surface area contributed by atoms with Crippen LogP contribution in [0.2, 0.25) is 0 Å². The molecule has 0 spiro atoms. The van der Waals surface area contributed by atoms with Gasteiger partial charge in [0, 0.05) is 11.3 Å². The highest BCUT2D eigenvalue weighted by Crippen LogP contribution is 2.16. The van der Waals surface area contributed by atoms with E-state index in [1.165, 1.54) is 0 Å². The van der Waals surface area contributed by atoms with Crippen molar-refractivity contribution < 1.29 is 4.74 Å². The number of methoxy groups -OCH3 is 1. The maximum atomic E-state index is 5.12. The summed E-state index contributed by atoms with van der Waals surface area (Å²) in [5.41, 5.74) is 1.99. The van der Waals surface area contributed by atoms with Gasteiger partial charge < -0.3 is 4.74 Å². The minimum atomic E-state index is 0.688. The van der Waals surface area contributed by atoms with Gasteiger partial charge in [-0.3, -0.25) is 0 Å². The van der Waals surface area contributed by atoms with Gasteiger partial charge in [-0.15, -0.1) is 0 Å². The van der Waals surface area contributed by atoms with Gasteiger partial charge in [0.1, 0.15) is 0 Å². The number of aromatic nitrogens is 1. The Morgan fingerprint density at radius 1 is 1.42 bits per heavy atom. The van der Waals surface area contributed by atoms with Crippen molar-refractivity contribution in [3.05, 3.63) is 29.5 Å². The Balaban J connectivity index is 3.10. The zero-order valence-corrected chi connectivity index (χ0v) is 7.66. The first kappa shape index (κ1) is 8.78. The number of ether oxygens (including phenoxy) is 1. The first-order valence-electron chi connectivity index (χ1n) is 3.92. The van der Waals surface area contributed by atoms with Crippen LogP contribution in [-0.2, 0) is 0 Å². The molecule has 0 bridgehead atoms. The van der Waals surface area contributed by atoms with Gasteiger partial charge in [0.05, 0.1) is 7.11 Å². The molecule has 1 aromatic rings. The number of aryl methyl sites for hydroxylation is 1. The third kappa shape index (κ3) is 1.84. The minimum Gasteiger partial charge on any atom is -0.481 e. The van der Waals surface area contributed by atoms with Crippen LogP contribution < -0.4 is 4.74 Å². The van der Waals surface area contributed by atoms with Crippen LogP contribution in [0.5, 0.6) is 5.88 Å². The lowest BCUT2D eigenvalue weighted by Gasteiger charge is -2.03. The predicted molar refractivity (Wildman–Crippen MR) is 50.2 cm³/mol. The molecule has 1 heterocycles. The Morgan fingerprint density at radius 2 is 2.17 bits per heavy atom. The first-order chi connectivity index (χ1) is 5.77. The van der Waals surface area contributed by atoms with Gasteiger partial charge in [0.2, 0.25) is 5.88 Å². The van der Waals surface area contributed by atoms with Crippen LogP contribution in [0.25, 0.3) is 6.08 Å². The Kier molecular flexibility index (Phi) is 2.86. The molecule has 1 rings (SSSR count). The van der Waals surface area contributed by atoms with Gasteiger partial charge in [-0.05, 0) is 26.0 Å². The maximum Gasteiger partial charge on any atom is 0.220 e. The highest BCUT2D eigenvalue weighted by molar-refractivity contribution is 5.54. The summed E-state index contributed by atoms with van der Waals surface area (Å²) in [7, 11) is 1.63. The summed E-state index contributed by atoms with van der Waals surface area (Å²) in [5, 5.41) is 0. The Bertz CT molecular complexity index is 292. The van der Waals surface area contributed by atoms with E-state index in [2.05, 4.69) is 4.98 Å². The molecule has 0 fully saturated rings. The van der Waals surface area contributed by atoms with Crippen LogP contribution in [0.4, 0.5) is 0 Å². The average Bonchev–Trinajstić information content (AvgIpc) is 2.08. The summed E-state index contributed by atoms with van der Waals surface area (Å²) >= 11 is 0. The molecule has 0 unspecified atom stereocenters. The smallest absolute Gasteiger partial charge is 0.220 e. The van der Waals surface area contributed by atoms with E-state index in [1.54, 1.807) is 7.11 Å². The fourth-order valence-corrected chi connectivity index (χ4v) is 1.01. The second-order valence-corrected chi connectivity index (χ2v) is 2.55. The lowest BCUT2D eigenvalue weighted by Crippen LogP contribution is -1.92. The molecular formula is C10H13NO. The fraction of sp³-hybridized carbons (Fsp3) is 0.300. The lowest BCUT2D eigenvalue weighted by molar-refractivity contribution is 0.396. The molecule has 0 radical (unpaired) electrons. The van der Waals surface area contributed by atoms with Crippen LogP contribution in [0.3, 0.4) is 0 Å². The number of hydrogen-bond donors (Lipinski definition) is 0. The molecule has 0 saturated heterocycles. The van der Waals surface area contributed by atoms with E-state index >= 15 is 0 Å². The van der Waals surface area contributed by atoms with Gasteiger partial charge in [0.25, 0.3) is 0 Å². The zero-order valence-electron chi connectivity index (χ0n) is 7.66. The third-order valence-electron chi connectivity index (χ3n) is 1.57. The first-order valence-corrected chi connectivity index (χ1v) is 3.92. The predicted octanol–water partition coefficient (Wildman–Crippen LogP) is 2.43. The summed E-state index contributed by atoms with van der Waals surface area (Å²) < 4.78 is 5.12. The van der Waals surface area contributed by atoms with Crippen LogP contribution in [0.1, 0.15) is 18.2 Å². The molecular weight excluding hydrogens is 150 g/mol. The van der Waals surface area contributed by atoms with Crippen molar-refractivity contribution in [3.63, 3.8) is 0 Å². The van der Waals surface area contributed by atoms with E-state index in [0.717, 1.165) is 11.3 Å². The number of rotatable bonds is 2. The highest BCUT2D eigenvalue weighted by atomic mass is 16.5. The number of hydrogen-bond acceptors (Lipinski definition) is 2. The Hall–Kier alpha value is -1.31. The van der Waals surface area contributed by atoms with Crippen molar-refractivity contribution in [2.75, 3.05) is 7.11 Å². The molecule has 0 amide bonds. The van der Waals surface area contributed by atoms with Crippen molar-refractivity contribution >= 4 is 6.08 Å². The number of nitrogens with zero attached hydrogens (tertiary/aromatic N) is 1. The van der Waals surface area contributed by atoms with Gasteiger partial charge in [0.15, 0.2) is 0 Å². The molecule has 0 aliphatic heterocycles. The van der Waals surface area contributed by atoms with Crippen molar-refractivity contribution in [2.24, 2.45) is 0 Å². The third-order valence-corrected chi connectivity index (χ3v) is 1.57. The molecule has 2 heteroatoms. The summed E-state index contributed by atoms with van der Waals surface area (Å²) in [6, 6.07) is 3.97. The van der Waals surface area contributed by atoms with Crippen LogP contribution >= 0.6 is 0 Å². The summed E-state index contributed by atoms with van der Waals surface area (Å²) in [5.74, 6) is 0.688. The second kappa shape index (κ2) is 3.90. The quantitative estimate of drug-likeness (QED) is 0.668. The molecule has 0 atom stereocenters. The highest BCUT2D eigenvalue weighted by Gasteiger charge is 1.99. The van der Waals surface area contributed by atoms with E-state index < -0.39 is 0 Å².